The zero-order valence-corrected chi connectivity index (χ0v) is 16.6. The van der Waals surface area contributed by atoms with Crippen molar-refractivity contribution >= 4 is 56.1 Å². The number of amides is 2. The third-order valence-corrected chi connectivity index (χ3v) is 5.13. The van der Waals surface area contributed by atoms with Crippen molar-refractivity contribution in [1.29, 1.82) is 0 Å². The first-order valence-corrected chi connectivity index (χ1v) is 9.29. The first kappa shape index (κ1) is 19.9. The summed E-state index contributed by atoms with van der Waals surface area (Å²) in [5, 5.41) is 2.86. The minimum atomic E-state index is -0.663. The number of hydrogen-bond donors (Lipinski definition) is 2. The maximum atomic E-state index is 12.2. The molecule has 1 aromatic carbocycles. The minimum absolute atomic E-state index is 0.149. The number of ether oxygens (including phenoxy) is 1. The molecule has 0 aliphatic heterocycles. The van der Waals surface area contributed by atoms with Gasteiger partial charge in [-0.1, -0.05) is 28.1 Å². The van der Waals surface area contributed by atoms with E-state index in [4.69, 9.17) is 10.5 Å². The van der Waals surface area contributed by atoms with Gasteiger partial charge in [0.25, 0.3) is 5.91 Å². The third kappa shape index (κ3) is 4.80. The van der Waals surface area contributed by atoms with Crippen LogP contribution in [0.25, 0.3) is 6.08 Å². The lowest BCUT2D eigenvalue weighted by Gasteiger charge is -2.05. The van der Waals surface area contributed by atoms with Crippen LogP contribution in [-0.4, -0.2) is 24.4 Å². The monoisotopic (exact) mass is 436 g/mol. The average Bonchev–Trinajstić information content (AvgIpc) is 2.91. The normalized spacial score (nSPS) is 10.7. The molecule has 1 heterocycles. The van der Waals surface area contributed by atoms with E-state index in [1.165, 1.54) is 6.08 Å². The van der Waals surface area contributed by atoms with Crippen molar-refractivity contribution < 1.29 is 19.1 Å². The van der Waals surface area contributed by atoms with Crippen LogP contribution in [0.1, 0.15) is 38.1 Å². The zero-order chi connectivity index (χ0) is 19.3. The minimum Gasteiger partial charge on any atom is -0.462 e. The Labute approximate surface area is 163 Å². The van der Waals surface area contributed by atoms with Crippen molar-refractivity contribution in [3.05, 3.63) is 56.4 Å². The van der Waals surface area contributed by atoms with Crippen LogP contribution >= 0.6 is 27.3 Å². The van der Waals surface area contributed by atoms with Crippen molar-refractivity contribution in [2.75, 3.05) is 11.9 Å². The Balaban J connectivity index is 2.25. The van der Waals surface area contributed by atoms with E-state index in [1.807, 2.05) is 24.3 Å². The first-order chi connectivity index (χ1) is 12.3. The third-order valence-electron chi connectivity index (χ3n) is 3.38. The number of nitrogens with two attached hydrogens (primary N) is 1. The van der Waals surface area contributed by atoms with E-state index >= 15 is 0 Å². The highest BCUT2D eigenvalue weighted by atomic mass is 79.9. The van der Waals surface area contributed by atoms with Crippen molar-refractivity contribution in [2.24, 2.45) is 5.73 Å². The largest absolute Gasteiger partial charge is 0.462 e. The number of anilines is 1. The van der Waals surface area contributed by atoms with Gasteiger partial charge >= 0.3 is 5.97 Å². The fourth-order valence-corrected chi connectivity index (χ4v) is 3.50. The summed E-state index contributed by atoms with van der Waals surface area (Å²) in [6.07, 6.45) is 2.98. The van der Waals surface area contributed by atoms with E-state index < -0.39 is 17.8 Å². The Morgan fingerprint density at radius 2 is 1.92 bits per heavy atom. The second-order valence-electron chi connectivity index (χ2n) is 5.22. The molecule has 2 aromatic rings. The first-order valence-electron chi connectivity index (χ1n) is 7.68. The number of hydrogen-bond acceptors (Lipinski definition) is 5. The highest BCUT2D eigenvalue weighted by Gasteiger charge is 2.25. The summed E-state index contributed by atoms with van der Waals surface area (Å²) in [5.41, 5.74) is 6.72. The van der Waals surface area contributed by atoms with Crippen LogP contribution in [0.15, 0.2) is 34.8 Å². The molecule has 3 N–H and O–H groups in total. The van der Waals surface area contributed by atoms with Crippen LogP contribution in [0.4, 0.5) is 5.00 Å². The molecule has 2 rings (SSSR count). The predicted octanol–water partition coefficient (Wildman–Crippen LogP) is 3.75. The number of primary amides is 1. The highest BCUT2D eigenvalue weighted by Crippen LogP contribution is 2.33. The van der Waals surface area contributed by atoms with Crippen LogP contribution in [-0.2, 0) is 9.53 Å². The summed E-state index contributed by atoms with van der Waals surface area (Å²) < 4.78 is 5.94. The van der Waals surface area contributed by atoms with E-state index in [0.717, 1.165) is 21.4 Å². The topological polar surface area (TPSA) is 98.5 Å². The Morgan fingerprint density at radius 3 is 2.50 bits per heavy atom. The molecular formula is C18H17BrN2O4S. The summed E-state index contributed by atoms with van der Waals surface area (Å²) in [4.78, 5) is 36.1. The molecule has 8 heteroatoms. The number of carbonyl (C=O) groups is 3. The van der Waals surface area contributed by atoms with Crippen LogP contribution in [0.2, 0.25) is 0 Å². The van der Waals surface area contributed by atoms with Gasteiger partial charge in [0.1, 0.15) is 5.00 Å². The van der Waals surface area contributed by atoms with Gasteiger partial charge in [-0.15, -0.1) is 11.3 Å². The van der Waals surface area contributed by atoms with E-state index in [9.17, 15) is 14.4 Å². The second kappa shape index (κ2) is 8.77. The lowest BCUT2D eigenvalue weighted by Crippen LogP contribution is -2.13. The molecular weight excluding hydrogens is 420 g/mol. The van der Waals surface area contributed by atoms with Crippen LogP contribution in [0.3, 0.4) is 0 Å². The van der Waals surface area contributed by atoms with Gasteiger partial charge in [-0.25, -0.2) is 4.79 Å². The molecule has 0 radical (unpaired) electrons. The Hall–Kier alpha value is -2.45. The second-order valence-corrected chi connectivity index (χ2v) is 7.16. The van der Waals surface area contributed by atoms with E-state index in [-0.39, 0.29) is 22.0 Å². The molecule has 6 nitrogen and oxygen atoms in total. The quantitative estimate of drug-likeness (QED) is 0.531. The molecule has 0 unspecified atom stereocenters. The molecule has 0 aliphatic rings. The van der Waals surface area contributed by atoms with E-state index in [1.54, 1.807) is 19.9 Å². The summed E-state index contributed by atoms with van der Waals surface area (Å²) in [6, 6.07) is 7.41. The van der Waals surface area contributed by atoms with E-state index in [0.29, 0.717) is 5.56 Å². The molecule has 0 spiro atoms. The van der Waals surface area contributed by atoms with Gasteiger partial charge in [0.05, 0.1) is 17.0 Å². The van der Waals surface area contributed by atoms with Gasteiger partial charge < -0.3 is 15.8 Å². The fraction of sp³-hybridized carbons (Fsp3) is 0.167. The number of rotatable bonds is 6. The fourth-order valence-electron chi connectivity index (χ4n) is 2.18. The summed E-state index contributed by atoms with van der Waals surface area (Å²) in [7, 11) is 0. The van der Waals surface area contributed by atoms with Crippen LogP contribution in [0, 0.1) is 6.92 Å². The van der Waals surface area contributed by atoms with Gasteiger partial charge in [0.2, 0.25) is 5.91 Å². The molecule has 0 atom stereocenters. The molecule has 1 aromatic heterocycles. The summed E-state index contributed by atoms with van der Waals surface area (Å²) in [5.74, 6) is -1.71. The number of halogens is 1. The van der Waals surface area contributed by atoms with Gasteiger partial charge in [-0.05, 0) is 43.2 Å². The summed E-state index contributed by atoms with van der Waals surface area (Å²) >= 11 is 4.29. The molecule has 0 fully saturated rings. The SMILES string of the molecule is CCOC(=O)c1c(NC(=O)/C=C/c2ccc(Br)cc2)sc(C(N)=O)c1C. The molecule has 0 aliphatic carbocycles. The van der Waals surface area contributed by atoms with Crippen LogP contribution < -0.4 is 11.1 Å². The maximum absolute atomic E-state index is 12.2. The Morgan fingerprint density at radius 1 is 1.27 bits per heavy atom. The van der Waals surface area contributed by atoms with Gasteiger partial charge in [0, 0.05) is 10.5 Å². The maximum Gasteiger partial charge on any atom is 0.341 e. The molecule has 0 saturated heterocycles. The lowest BCUT2D eigenvalue weighted by molar-refractivity contribution is -0.111. The standard InChI is InChI=1S/C18H17BrN2O4S/c1-3-25-18(24)14-10(2)15(16(20)23)26-17(14)21-13(22)9-6-11-4-7-12(19)8-5-11/h4-9H,3H2,1-2H3,(H2,20,23)(H,21,22)/b9-6+. The van der Waals surface area contributed by atoms with Crippen LogP contribution in [0.5, 0.6) is 0 Å². The van der Waals surface area contributed by atoms with E-state index in [2.05, 4.69) is 21.2 Å². The van der Waals surface area contributed by atoms with Gasteiger partial charge in [-0.2, -0.15) is 0 Å². The highest BCUT2D eigenvalue weighted by molar-refractivity contribution is 9.10. The number of nitrogens with one attached hydrogen (secondary N) is 1. The van der Waals surface area contributed by atoms with Crippen molar-refractivity contribution in [3.8, 4) is 0 Å². The average molecular weight is 437 g/mol. The summed E-state index contributed by atoms with van der Waals surface area (Å²) in [6.45, 7) is 3.45. The van der Waals surface area contributed by atoms with Crippen molar-refractivity contribution in [3.63, 3.8) is 0 Å². The number of thiophene rings is 1. The molecule has 26 heavy (non-hydrogen) atoms. The Kier molecular flexibility index (Phi) is 6.70. The van der Waals surface area contributed by atoms with Crippen molar-refractivity contribution in [1.82, 2.24) is 0 Å². The van der Waals surface area contributed by atoms with Gasteiger partial charge in [-0.3, -0.25) is 9.59 Å². The molecule has 0 saturated carbocycles. The molecule has 136 valence electrons. The van der Waals surface area contributed by atoms with Gasteiger partial charge in [0.15, 0.2) is 0 Å². The number of benzene rings is 1. The zero-order valence-electron chi connectivity index (χ0n) is 14.2. The lowest BCUT2D eigenvalue weighted by atomic mass is 10.1. The number of carbonyl (C=O) groups excluding carboxylic acids is 3. The Bertz CT molecular complexity index is 872. The number of esters is 1. The molecule has 0 bridgehead atoms. The van der Waals surface area contributed by atoms with Crippen molar-refractivity contribution in [2.45, 2.75) is 13.8 Å². The molecule has 2 amide bonds. The smallest absolute Gasteiger partial charge is 0.341 e. The predicted molar refractivity (Wildman–Crippen MR) is 105 cm³/mol.